The molecule has 1 aromatic carbocycles. The van der Waals surface area contributed by atoms with Crippen LogP contribution in [0.1, 0.15) is 55.6 Å². The number of nitrogens with zero attached hydrogens (tertiary/aromatic N) is 4. The summed E-state index contributed by atoms with van der Waals surface area (Å²) in [6.07, 6.45) is 0.566. The van der Waals surface area contributed by atoms with Crippen molar-refractivity contribution in [1.82, 2.24) is 20.3 Å². The molecule has 1 atom stereocenters. The Kier molecular flexibility index (Phi) is 6.09. The van der Waals surface area contributed by atoms with Gasteiger partial charge in [0, 0.05) is 13.1 Å². The van der Waals surface area contributed by atoms with Crippen molar-refractivity contribution in [3.05, 3.63) is 52.9 Å². The molecular formula is C21H24F3N5O. The van der Waals surface area contributed by atoms with E-state index in [0.717, 1.165) is 36.2 Å². The number of rotatable bonds is 5. The topological polar surface area (TPSA) is 72.2 Å². The number of carbonyl (C=O) groups is 1. The molecule has 1 aliphatic rings. The van der Waals surface area contributed by atoms with Gasteiger partial charge in [0.1, 0.15) is 12.0 Å². The van der Waals surface area contributed by atoms with Crippen molar-refractivity contribution in [2.45, 2.75) is 51.2 Å². The molecule has 0 saturated carbocycles. The summed E-state index contributed by atoms with van der Waals surface area (Å²) in [5, 5.41) is 11.8. The van der Waals surface area contributed by atoms with Gasteiger partial charge in [-0.3, -0.25) is 9.79 Å². The monoisotopic (exact) mass is 419 g/mol. The first kappa shape index (κ1) is 21.7. The van der Waals surface area contributed by atoms with Gasteiger partial charge in [-0.05, 0) is 50.3 Å². The van der Waals surface area contributed by atoms with Crippen LogP contribution >= 0.6 is 0 Å². The van der Waals surface area contributed by atoms with Crippen molar-refractivity contribution in [2.75, 3.05) is 7.05 Å². The summed E-state index contributed by atoms with van der Waals surface area (Å²) in [6, 6.07) is 5.27. The van der Waals surface area contributed by atoms with Crippen molar-refractivity contribution in [2.24, 2.45) is 4.99 Å². The summed E-state index contributed by atoms with van der Waals surface area (Å²) in [5.41, 5.74) is 1.37. The Morgan fingerprint density at radius 1 is 1.33 bits per heavy atom. The number of aliphatic imine (C=N–C) groups is 1. The minimum absolute atomic E-state index is 0.494. The molecule has 0 aliphatic carbocycles. The van der Waals surface area contributed by atoms with Gasteiger partial charge in [-0.2, -0.15) is 13.2 Å². The average Bonchev–Trinajstić information content (AvgIpc) is 3.17. The minimum atomic E-state index is -4.38. The highest BCUT2D eigenvalue weighted by Crippen LogP contribution is 2.41. The van der Waals surface area contributed by atoms with E-state index in [0.29, 0.717) is 36.4 Å². The lowest BCUT2D eigenvalue weighted by Gasteiger charge is -2.38. The third kappa shape index (κ3) is 3.88. The maximum absolute atomic E-state index is 13.0. The number of hydrogen-bond acceptors (Lipinski definition) is 4. The molecule has 1 N–H and O–H groups in total. The van der Waals surface area contributed by atoms with E-state index in [-0.39, 0.29) is 0 Å². The molecule has 2 aromatic rings. The highest BCUT2D eigenvalue weighted by atomic mass is 19.4. The molecule has 6 nitrogen and oxygen atoms in total. The van der Waals surface area contributed by atoms with E-state index in [2.05, 4.69) is 20.6 Å². The fourth-order valence-electron chi connectivity index (χ4n) is 4.00. The molecule has 3 rings (SSSR count). The third-order valence-electron chi connectivity index (χ3n) is 5.65. The third-order valence-corrected chi connectivity index (χ3v) is 5.65. The van der Waals surface area contributed by atoms with Crippen LogP contribution in [-0.4, -0.2) is 34.2 Å². The largest absolute Gasteiger partial charge is 0.416 e. The molecule has 9 heteroatoms. The van der Waals surface area contributed by atoms with Crippen LogP contribution in [0.3, 0.4) is 0 Å². The Morgan fingerprint density at radius 2 is 2.03 bits per heavy atom. The van der Waals surface area contributed by atoms with Crippen LogP contribution in [0.25, 0.3) is 5.70 Å². The number of allylic oxidation sites excluding steroid dienone is 1. The first-order chi connectivity index (χ1) is 14.3. The summed E-state index contributed by atoms with van der Waals surface area (Å²) in [5.74, 6) is 0.616. The zero-order valence-electron chi connectivity index (χ0n) is 17.1. The maximum Gasteiger partial charge on any atom is 0.416 e. The highest BCUT2D eigenvalue weighted by Gasteiger charge is 2.40. The van der Waals surface area contributed by atoms with Gasteiger partial charge in [0.05, 0.1) is 28.3 Å². The van der Waals surface area contributed by atoms with Gasteiger partial charge in [0.25, 0.3) is 0 Å². The van der Waals surface area contributed by atoms with Gasteiger partial charge in [-0.15, -0.1) is 5.10 Å². The molecule has 0 amide bonds. The van der Waals surface area contributed by atoms with Crippen molar-refractivity contribution in [3.63, 3.8) is 0 Å². The summed E-state index contributed by atoms with van der Waals surface area (Å²) >= 11 is 0. The van der Waals surface area contributed by atoms with Gasteiger partial charge >= 0.3 is 6.18 Å². The lowest BCUT2D eigenvalue weighted by molar-refractivity contribution is -0.137. The first-order valence-electron chi connectivity index (χ1n) is 9.76. The quantitative estimate of drug-likeness (QED) is 0.345. The van der Waals surface area contributed by atoms with Crippen LogP contribution in [0.4, 0.5) is 13.2 Å². The first-order valence-corrected chi connectivity index (χ1v) is 9.76. The summed E-state index contributed by atoms with van der Waals surface area (Å²) in [4.78, 5) is 15.2. The Labute approximate surface area is 172 Å². The molecule has 160 valence electrons. The van der Waals surface area contributed by atoms with Gasteiger partial charge < -0.3 is 5.32 Å². The molecule has 1 aromatic heterocycles. The fourth-order valence-corrected chi connectivity index (χ4v) is 4.00. The standard InChI is InChI=1S/C21H24F3N5O/c1-4-20(15-7-9-16(10-8-15)21(22,23)24)12-5-6-18-19(27-28-29(18)20)17(11-13-30)26-14(2)25-3/h7-11,13H,4-6,12H2,1-3H3,(H,25,26)/b17-11-. The summed E-state index contributed by atoms with van der Waals surface area (Å²) in [7, 11) is 1.63. The second-order valence-corrected chi connectivity index (χ2v) is 7.26. The molecule has 0 spiro atoms. The predicted molar refractivity (Wildman–Crippen MR) is 108 cm³/mol. The van der Waals surface area contributed by atoms with Crippen LogP contribution in [0, 0.1) is 0 Å². The normalized spacial score (nSPS) is 20.1. The average molecular weight is 419 g/mol. The van der Waals surface area contributed by atoms with Crippen LogP contribution in [0.2, 0.25) is 0 Å². The second kappa shape index (κ2) is 8.41. The van der Waals surface area contributed by atoms with Crippen molar-refractivity contribution < 1.29 is 18.0 Å². The number of amidine groups is 1. The summed E-state index contributed by atoms with van der Waals surface area (Å²) in [6.45, 7) is 3.76. The number of fused-ring (bicyclic) bond motifs is 1. The Hall–Kier alpha value is -2.97. The molecule has 1 unspecified atom stereocenters. The van der Waals surface area contributed by atoms with Crippen LogP contribution in [0.15, 0.2) is 35.3 Å². The van der Waals surface area contributed by atoms with Crippen LogP contribution in [0.5, 0.6) is 0 Å². The predicted octanol–water partition coefficient (Wildman–Crippen LogP) is 3.96. The SMILES string of the molecule is CCC1(c2ccc(C(F)(F)F)cc2)CCCc2c(/C(=C/C=O)NC(C)=NC)nnn21. The van der Waals surface area contributed by atoms with Crippen molar-refractivity contribution in [1.29, 1.82) is 0 Å². The van der Waals surface area contributed by atoms with Gasteiger partial charge in [-0.25, -0.2) is 4.68 Å². The maximum atomic E-state index is 13.0. The number of alkyl halides is 3. The number of carbonyl (C=O) groups excluding carboxylic acids is 1. The fraction of sp³-hybridized carbons (Fsp3) is 0.429. The number of benzene rings is 1. The van der Waals surface area contributed by atoms with E-state index in [1.165, 1.54) is 18.2 Å². The molecule has 0 bridgehead atoms. The number of aldehydes is 1. The lowest BCUT2D eigenvalue weighted by Crippen LogP contribution is -2.40. The number of hydrogen-bond donors (Lipinski definition) is 1. The highest BCUT2D eigenvalue weighted by molar-refractivity contribution is 5.92. The molecule has 2 heterocycles. The number of nitrogens with one attached hydrogen (secondary N) is 1. The van der Waals surface area contributed by atoms with E-state index in [9.17, 15) is 18.0 Å². The smallest absolute Gasteiger partial charge is 0.342 e. The molecule has 1 aliphatic heterocycles. The molecule has 0 fully saturated rings. The van der Waals surface area contributed by atoms with E-state index in [1.54, 1.807) is 14.0 Å². The number of halogens is 3. The molecule has 0 radical (unpaired) electrons. The molecule has 30 heavy (non-hydrogen) atoms. The van der Waals surface area contributed by atoms with Crippen LogP contribution in [-0.2, 0) is 22.9 Å². The van der Waals surface area contributed by atoms with E-state index in [1.807, 2.05) is 11.6 Å². The van der Waals surface area contributed by atoms with Gasteiger partial charge in [0.15, 0.2) is 0 Å². The lowest BCUT2D eigenvalue weighted by atomic mass is 9.79. The van der Waals surface area contributed by atoms with E-state index in [4.69, 9.17) is 0 Å². The Bertz CT molecular complexity index is 976. The zero-order chi connectivity index (χ0) is 21.9. The van der Waals surface area contributed by atoms with E-state index < -0.39 is 17.3 Å². The van der Waals surface area contributed by atoms with E-state index >= 15 is 0 Å². The summed E-state index contributed by atoms with van der Waals surface area (Å²) < 4.78 is 40.8. The van der Waals surface area contributed by atoms with Crippen molar-refractivity contribution in [3.8, 4) is 0 Å². The molecular weight excluding hydrogens is 395 g/mol. The van der Waals surface area contributed by atoms with Crippen molar-refractivity contribution >= 4 is 17.8 Å². The van der Waals surface area contributed by atoms with Gasteiger partial charge in [0.2, 0.25) is 0 Å². The number of aromatic nitrogens is 3. The minimum Gasteiger partial charge on any atom is -0.342 e. The second-order valence-electron chi connectivity index (χ2n) is 7.26. The van der Waals surface area contributed by atoms with Crippen LogP contribution < -0.4 is 5.32 Å². The Morgan fingerprint density at radius 3 is 2.60 bits per heavy atom. The molecule has 0 saturated heterocycles. The van der Waals surface area contributed by atoms with Gasteiger partial charge in [-0.1, -0.05) is 24.3 Å². The Balaban J connectivity index is 2.08. The zero-order valence-corrected chi connectivity index (χ0v) is 17.1.